The van der Waals surface area contributed by atoms with Crippen LogP contribution in [0.4, 0.5) is 0 Å². The SMILES string of the molecule is Cc1nn(C)cc1C(C)NC[C@@H](C)O. The van der Waals surface area contributed by atoms with Crippen LogP contribution in [0.3, 0.4) is 0 Å². The van der Waals surface area contributed by atoms with Crippen molar-refractivity contribution in [3.8, 4) is 0 Å². The molecule has 0 aliphatic carbocycles. The summed E-state index contributed by atoms with van der Waals surface area (Å²) < 4.78 is 1.81. The summed E-state index contributed by atoms with van der Waals surface area (Å²) in [4.78, 5) is 0. The van der Waals surface area contributed by atoms with E-state index >= 15 is 0 Å². The van der Waals surface area contributed by atoms with Gasteiger partial charge in [0, 0.05) is 31.4 Å². The van der Waals surface area contributed by atoms with Gasteiger partial charge in [0.05, 0.1) is 11.8 Å². The van der Waals surface area contributed by atoms with E-state index in [4.69, 9.17) is 5.11 Å². The van der Waals surface area contributed by atoms with E-state index in [0.29, 0.717) is 6.54 Å². The van der Waals surface area contributed by atoms with E-state index in [1.807, 2.05) is 24.9 Å². The van der Waals surface area contributed by atoms with Gasteiger partial charge in [-0.05, 0) is 20.8 Å². The minimum absolute atomic E-state index is 0.235. The lowest BCUT2D eigenvalue weighted by molar-refractivity contribution is 0.187. The normalized spacial score (nSPS) is 15.5. The molecule has 14 heavy (non-hydrogen) atoms. The smallest absolute Gasteiger partial charge is 0.0641 e. The van der Waals surface area contributed by atoms with Crippen molar-refractivity contribution in [2.75, 3.05) is 6.54 Å². The van der Waals surface area contributed by atoms with E-state index < -0.39 is 0 Å². The summed E-state index contributed by atoms with van der Waals surface area (Å²) in [6, 6.07) is 0.235. The van der Waals surface area contributed by atoms with E-state index in [0.717, 1.165) is 5.69 Å². The van der Waals surface area contributed by atoms with Gasteiger partial charge >= 0.3 is 0 Å². The average Bonchev–Trinajstić information content (AvgIpc) is 2.41. The first-order valence-electron chi connectivity index (χ1n) is 4.92. The lowest BCUT2D eigenvalue weighted by Crippen LogP contribution is -2.27. The fourth-order valence-electron chi connectivity index (χ4n) is 1.50. The largest absolute Gasteiger partial charge is 0.392 e. The van der Waals surface area contributed by atoms with Crippen molar-refractivity contribution in [1.82, 2.24) is 15.1 Å². The molecule has 0 bridgehead atoms. The molecule has 0 saturated heterocycles. The van der Waals surface area contributed by atoms with Gasteiger partial charge in [-0.1, -0.05) is 0 Å². The third-order valence-electron chi connectivity index (χ3n) is 2.24. The second kappa shape index (κ2) is 4.57. The Balaban J connectivity index is 2.60. The summed E-state index contributed by atoms with van der Waals surface area (Å²) in [5.74, 6) is 0. The van der Waals surface area contributed by atoms with Crippen LogP contribution in [0.15, 0.2) is 6.20 Å². The van der Waals surface area contributed by atoms with Crippen LogP contribution in [-0.2, 0) is 7.05 Å². The van der Waals surface area contributed by atoms with E-state index in [1.54, 1.807) is 6.92 Å². The van der Waals surface area contributed by atoms with E-state index in [1.165, 1.54) is 5.56 Å². The summed E-state index contributed by atoms with van der Waals surface area (Å²) in [6.45, 7) is 6.45. The molecule has 1 rings (SSSR count). The summed E-state index contributed by atoms with van der Waals surface area (Å²) in [6.07, 6.45) is 1.70. The molecule has 4 nitrogen and oxygen atoms in total. The van der Waals surface area contributed by atoms with Crippen LogP contribution >= 0.6 is 0 Å². The molecule has 1 unspecified atom stereocenters. The first-order valence-corrected chi connectivity index (χ1v) is 4.92. The van der Waals surface area contributed by atoms with Crippen LogP contribution in [0.25, 0.3) is 0 Å². The van der Waals surface area contributed by atoms with Gasteiger partial charge in [0.2, 0.25) is 0 Å². The highest BCUT2D eigenvalue weighted by atomic mass is 16.3. The number of rotatable bonds is 4. The Bertz CT molecular complexity index is 294. The number of aromatic nitrogens is 2. The van der Waals surface area contributed by atoms with Gasteiger partial charge in [-0.2, -0.15) is 5.10 Å². The van der Waals surface area contributed by atoms with Crippen molar-refractivity contribution in [3.63, 3.8) is 0 Å². The van der Waals surface area contributed by atoms with Crippen LogP contribution in [0.5, 0.6) is 0 Å². The molecule has 2 N–H and O–H groups in total. The predicted molar refractivity (Wildman–Crippen MR) is 56.0 cm³/mol. The van der Waals surface area contributed by atoms with Gasteiger partial charge in [0.15, 0.2) is 0 Å². The molecule has 0 amide bonds. The van der Waals surface area contributed by atoms with Crippen molar-refractivity contribution < 1.29 is 5.11 Å². The van der Waals surface area contributed by atoms with Crippen LogP contribution in [0, 0.1) is 6.92 Å². The van der Waals surface area contributed by atoms with Crippen LogP contribution in [-0.4, -0.2) is 27.5 Å². The first-order chi connectivity index (χ1) is 6.50. The van der Waals surface area contributed by atoms with Gasteiger partial charge in [0.25, 0.3) is 0 Å². The van der Waals surface area contributed by atoms with Gasteiger partial charge in [0.1, 0.15) is 0 Å². The fourth-order valence-corrected chi connectivity index (χ4v) is 1.50. The zero-order valence-corrected chi connectivity index (χ0v) is 9.28. The highest BCUT2D eigenvalue weighted by Crippen LogP contribution is 2.14. The third-order valence-corrected chi connectivity index (χ3v) is 2.24. The number of hydrogen-bond donors (Lipinski definition) is 2. The Labute approximate surface area is 84.9 Å². The molecule has 80 valence electrons. The van der Waals surface area contributed by atoms with Gasteiger partial charge in [-0.3, -0.25) is 4.68 Å². The summed E-state index contributed by atoms with van der Waals surface area (Å²) in [7, 11) is 1.91. The second-order valence-electron chi connectivity index (χ2n) is 3.82. The van der Waals surface area contributed by atoms with Crippen molar-refractivity contribution in [2.24, 2.45) is 7.05 Å². The minimum atomic E-state index is -0.311. The lowest BCUT2D eigenvalue weighted by Gasteiger charge is -2.14. The molecule has 0 fully saturated rings. The second-order valence-corrected chi connectivity index (χ2v) is 3.82. The summed E-state index contributed by atoms with van der Waals surface area (Å²) >= 11 is 0. The number of nitrogens with one attached hydrogen (secondary N) is 1. The zero-order valence-electron chi connectivity index (χ0n) is 9.28. The molecule has 4 heteroatoms. The van der Waals surface area contributed by atoms with Crippen molar-refractivity contribution in [3.05, 3.63) is 17.5 Å². The van der Waals surface area contributed by atoms with Gasteiger partial charge < -0.3 is 10.4 Å². The monoisotopic (exact) mass is 197 g/mol. The number of aliphatic hydroxyl groups is 1. The molecular weight excluding hydrogens is 178 g/mol. The maximum Gasteiger partial charge on any atom is 0.0641 e. The van der Waals surface area contributed by atoms with E-state index in [-0.39, 0.29) is 12.1 Å². The Morgan fingerprint density at radius 2 is 2.21 bits per heavy atom. The molecule has 1 heterocycles. The molecule has 0 radical (unpaired) electrons. The maximum atomic E-state index is 9.14. The lowest BCUT2D eigenvalue weighted by atomic mass is 10.1. The predicted octanol–water partition coefficient (Wildman–Crippen LogP) is 0.760. The van der Waals surface area contributed by atoms with Crippen molar-refractivity contribution >= 4 is 0 Å². The maximum absolute atomic E-state index is 9.14. The van der Waals surface area contributed by atoms with E-state index in [9.17, 15) is 0 Å². The van der Waals surface area contributed by atoms with Crippen LogP contribution in [0.1, 0.15) is 31.1 Å². The Morgan fingerprint density at radius 1 is 1.57 bits per heavy atom. The number of aryl methyl sites for hydroxylation is 2. The van der Waals surface area contributed by atoms with Gasteiger partial charge in [-0.25, -0.2) is 0 Å². The van der Waals surface area contributed by atoms with Crippen LogP contribution in [0.2, 0.25) is 0 Å². The Morgan fingerprint density at radius 3 is 2.64 bits per heavy atom. The van der Waals surface area contributed by atoms with Crippen molar-refractivity contribution in [2.45, 2.75) is 32.9 Å². The first kappa shape index (κ1) is 11.2. The molecular formula is C10H19N3O. The number of hydrogen-bond acceptors (Lipinski definition) is 3. The van der Waals surface area contributed by atoms with Crippen molar-refractivity contribution in [1.29, 1.82) is 0 Å². The summed E-state index contributed by atoms with van der Waals surface area (Å²) in [5.41, 5.74) is 2.23. The van der Waals surface area contributed by atoms with E-state index in [2.05, 4.69) is 17.3 Å². The molecule has 0 aliphatic heterocycles. The quantitative estimate of drug-likeness (QED) is 0.749. The average molecular weight is 197 g/mol. The fraction of sp³-hybridized carbons (Fsp3) is 0.700. The molecule has 0 aromatic carbocycles. The molecule has 2 atom stereocenters. The minimum Gasteiger partial charge on any atom is -0.392 e. The topological polar surface area (TPSA) is 50.1 Å². The third kappa shape index (κ3) is 2.82. The number of aliphatic hydroxyl groups excluding tert-OH is 1. The zero-order chi connectivity index (χ0) is 10.7. The molecule has 1 aromatic rings. The summed E-state index contributed by atoms with van der Waals surface area (Å²) in [5, 5.41) is 16.7. The Kier molecular flexibility index (Phi) is 3.66. The number of nitrogens with zero attached hydrogens (tertiary/aromatic N) is 2. The highest BCUT2D eigenvalue weighted by molar-refractivity contribution is 5.19. The standard InChI is InChI=1S/C10H19N3O/c1-7(14)5-11-8(2)10-6-13(4)12-9(10)3/h6-8,11,14H,5H2,1-4H3/t7-,8?/m1/s1. The van der Waals surface area contributed by atoms with Gasteiger partial charge in [-0.15, -0.1) is 0 Å². The molecule has 0 aliphatic rings. The molecule has 1 aromatic heterocycles. The molecule has 0 saturated carbocycles. The highest BCUT2D eigenvalue weighted by Gasteiger charge is 2.11. The molecule has 0 spiro atoms. The Hall–Kier alpha value is -0.870. The van der Waals surface area contributed by atoms with Crippen LogP contribution < -0.4 is 5.32 Å².